The molecule has 0 aliphatic carbocycles. The molecule has 0 amide bonds. The van der Waals surface area contributed by atoms with Crippen LogP contribution in [0.15, 0.2) is 18.2 Å². The molecule has 0 unspecified atom stereocenters. The maximum absolute atomic E-state index is 11.9. The van der Waals surface area contributed by atoms with E-state index in [2.05, 4.69) is 0 Å². The molecule has 0 saturated heterocycles. The van der Waals surface area contributed by atoms with Gasteiger partial charge >= 0.3 is 11.9 Å². The molecule has 0 heterocycles. The summed E-state index contributed by atoms with van der Waals surface area (Å²) in [4.78, 5) is 34.6. The molecule has 0 saturated carbocycles. The highest BCUT2D eigenvalue weighted by Crippen LogP contribution is 2.28. The lowest BCUT2D eigenvalue weighted by molar-refractivity contribution is -0.142. The van der Waals surface area contributed by atoms with Crippen LogP contribution in [0.3, 0.4) is 0 Å². The van der Waals surface area contributed by atoms with Crippen molar-refractivity contribution in [2.24, 2.45) is 0 Å². The third-order valence-corrected chi connectivity index (χ3v) is 3.28. The number of carbonyl (C=O) groups excluding carboxylic acids is 3. The average molecular weight is 366 g/mol. The van der Waals surface area contributed by atoms with Gasteiger partial charge in [-0.15, -0.1) is 0 Å². The minimum absolute atomic E-state index is 0.0133. The normalized spacial score (nSPS) is 10.4. The highest BCUT2D eigenvalue weighted by molar-refractivity contribution is 5.81. The molecule has 0 bridgehead atoms. The Bertz CT molecular complexity index is 583. The van der Waals surface area contributed by atoms with Crippen molar-refractivity contribution in [2.45, 2.75) is 39.5 Å². The van der Waals surface area contributed by atoms with E-state index in [0.717, 1.165) is 25.7 Å². The summed E-state index contributed by atoms with van der Waals surface area (Å²) >= 11 is 0. The van der Waals surface area contributed by atoms with Crippen LogP contribution in [0, 0.1) is 0 Å². The second kappa shape index (κ2) is 13.0. The lowest BCUT2D eigenvalue weighted by Crippen LogP contribution is -2.19. The maximum Gasteiger partial charge on any atom is 0.337 e. The molecule has 0 N–H and O–H groups in total. The molecule has 7 nitrogen and oxygen atoms in total. The van der Waals surface area contributed by atoms with Crippen molar-refractivity contribution < 1.29 is 33.3 Å². The van der Waals surface area contributed by atoms with Crippen LogP contribution >= 0.6 is 0 Å². The van der Waals surface area contributed by atoms with E-state index in [0.29, 0.717) is 25.1 Å². The maximum atomic E-state index is 11.9. The van der Waals surface area contributed by atoms with E-state index in [-0.39, 0.29) is 24.7 Å². The van der Waals surface area contributed by atoms with Gasteiger partial charge in [-0.2, -0.15) is 0 Å². The summed E-state index contributed by atoms with van der Waals surface area (Å²) in [5.41, 5.74) is 0.290. The number of carbonyl (C=O) groups is 3. The summed E-state index contributed by atoms with van der Waals surface area (Å²) in [6.45, 7) is 4.52. The topological polar surface area (TPSA) is 88.1 Å². The van der Waals surface area contributed by atoms with Gasteiger partial charge in [-0.25, -0.2) is 9.59 Å². The lowest BCUT2D eigenvalue weighted by atomic mass is 10.2. The molecule has 0 aliphatic rings. The third-order valence-electron chi connectivity index (χ3n) is 3.28. The van der Waals surface area contributed by atoms with Crippen molar-refractivity contribution in [3.05, 3.63) is 23.8 Å². The predicted octanol–water partition coefficient (Wildman–Crippen LogP) is 2.94. The number of esters is 2. The molecule has 0 atom stereocenters. The first kappa shape index (κ1) is 21.8. The van der Waals surface area contributed by atoms with Gasteiger partial charge in [0.05, 0.1) is 0 Å². The highest BCUT2D eigenvalue weighted by Gasteiger charge is 2.15. The quantitative estimate of drug-likeness (QED) is 0.229. The monoisotopic (exact) mass is 366 g/mol. The number of benzene rings is 1. The number of hydrogen-bond acceptors (Lipinski definition) is 7. The largest absolute Gasteiger partial charge is 0.421 e. The Balaban J connectivity index is 2.65. The Morgan fingerprint density at radius 1 is 0.885 bits per heavy atom. The van der Waals surface area contributed by atoms with Crippen LogP contribution in [0.2, 0.25) is 0 Å². The second-order valence-corrected chi connectivity index (χ2v) is 5.58. The molecule has 1 rings (SSSR count). The summed E-state index contributed by atoms with van der Waals surface area (Å²) in [5.74, 6) is -1.22. The van der Waals surface area contributed by atoms with Crippen molar-refractivity contribution in [3.8, 4) is 11.5 Å². The first-order valence-corrected chi connectivity index (χ1v) is 8.76. The van der Waals surface area contributed by atoms with Gasteiger partial charge in [0.2, 0.25) is 0 Å². The van der Waals surface area contributed by atoms with Gasteiger partial charge in [-0.1, -0.05) is 26.7 Å². The third kappa shape index (κ3) is 8.73. The summed E-state index contributed by atoms with van der Waals surface area (Å²) in [6.07, 6.45) is 4.21. The van der Waals surface area contributed by atoms with Crippen LogP contribution in [0.5, 0.6) is 11.5 Å². The van der Waals surface area contributed by atoms with Gasteiger partial charge in [0.25, 0.3) is 0 Å². The van der Waals surface area contributed by atoms with Crippen molar-refractivity contribution in [1.29, 1.82) is 0 Å². The van der Waals surface area contributed by atoms with E-state index in [1.807, 2.05) is 13.8 Å². The average Bonchev–Trinajstić information content (AvgIpc) is 2.64. The number of rotatable bonds is 13. The molecular weight excluding hydrogens is 340 g/mol. The van der Waals surface area contributed by atoms with E-state index < -0.39 is 11.9 Å². The fraction of sp³-hybridized carbons (Fsp3) is 0.526. The van der Waals surface area contributed by atoms with Gasteiger partial charge in [0, 0.05) is 18.8 Å². The van der Waals surface area contributed by atoms with Crippen molar-refractivity contribution in [2.75, 3.05) is 26.4 Å². The van der Waals surface area contributed by atoms with Crippen LogP contribution in [-0.4, -0.2) is 44.7 Å². The Hall–Kier alpha value is -2.25. The molecule has 0 radical (unpaired) electrons. The molecule has 0 aromatic heterocycles. The smallest absolute Gasteiger partial charge is 0.337 e. The van der Waals surface area contributed by atoms with Crippen LogP contribution in [0.4, 0.5) is 0 Å². The number of aldehydes is 1. The van der Waals surface area contributed by atoms with Gasteiger partial charge < -0.3 is 18.9 Å². The molecule has 0 fully saturated rings. The van der Waals surface area contributed by atoms with Gasteiger partial charge in [0.15, 0.2) is 11.5 Å². The molecule has 0 spiro atoms. The molecule has 144 valence electrons. The molecule has 0 aliphatic heterocycles. The summed E-state index contributed by atoms with van der Waals surface area (Å²) in [6, 6.07) is 4.19. The second-order valence-electron chi connectivity index (χ2n) is 5.58. The highest BCUT2D eigenvalue weighted by atomic mass is 16.6. The Labute approximate surface area is 153 Å². The van der Waals surface area contributed by atoms with E-state index in [4.69, 9.17) is 18.9 Å². The van der Waals surface area contributed by atoms with E-state index in [9.17, 15) is 14.4 Å². The van der Waals surface area contributed by atoms with Gasteiger partial charge in [0.1, 0.15) is 19.5 Å². The zero-order chi connectivity index (χ0) is 19.2. The fourth-order valence-electron chi connectivity index (χ4n) is 1.87. The van der Waals surface area contributed by atoms with E-state index in [1.165, 1.54) is 18.2 Å². The van der Waals surface area contributed by atoms with E-state index in [1.54, 1.807) is 0 Å². The van der Waals surface area contributed by atoms with Crippen molar-refractivity contribution in [1.82, 2.24) is 0 Å². The van der Waals surface area contributed by atoms with Crippen LogP contribution in [0.1, 0.15) is 49.9 Å². The van der Waals surface area contributed by atoms with E-state index >= 15 is 0 Å². The standard InChI is InChI=1S/C19H26O7/c1-3-5-9-23-13-18(21)25-16-8-7-15(12-20)11-17(16)26-19(22)14-24-10-6-4-2/h7-8,11-12H,3-6,9-10,13-14H2,1-2H3. The van der Waals surface area contributed by atoms with Gasteiger partial charge in [-0.05, 0) is 31.0 Å². The summed E-state index contributed by atoms with van der Waals surface area (Å²) < 4.78 is 20.7. The Morgan fingerprint density at radius 2 is 1.42 bits per heavy atom. The van der Waals surface area contributed by atoms with Crippen LogP contribution in [-0.2, 0) is 19.1 Å². The molecule has 7 heteroatoms. The minimum Gasteiger partial charge on any atom is -0.421 e. The number of ether oxygens (including phenoxy) is 4. The van der Waals surface area contributed by atoms with Crippen LogP contribution in [0.25, 0.3) is 0 Å². The first-order chi connectivity index (χ1) is 12.6. The Morgan fingerprint density at radius 3 is 1.92 bits per heavy atom. The Kier molecular flexibility index (Phi) is 10.9. The summed E-state index contributed by atoms with van der Waals surface area (Å²) in [5, 5.41) is 0. The number of unbranched alkanes of at least 4 members (excludes halogenated alkanes) is 2. The molecular formula is C19H26O7. The molecule has 1 aromatic carbocycles. The van der Waals surface area contributed by atoms with Crippen molar-refractivity contribution >= 4 is 18.2 Å². The minimum atomic E-state index is -0.638. The predicted molar refractivity (Wildman–Crippen MR) is 94.6 cm³/mol. The van der Waals surface area contributed by atoms with Gasteiger partial charge in [-0.3, -0.25) is 4.79 Å². The zero-order valence-electron chi connectivity index (χ0n) is 15.3. The first-order valence-electron chi connectivity index (χ1n) is 8.76. The fourth-order valence-corrected chi connectivity index (χ4v) is 1.87. The van der Waals surface area contributed by atoms with Crippen molar-refractivity contribution in [3.63, 3.8) is 0 Å². The molecule has 1 aromatic rings. The lowest BCUT2D eigenvalue weighted by Gasteiger charge is -2.11. The number of hydrogen-bond donors (Lipinski definition) is 0. The zero-order valence-corrected chi connectivity index (χ0v) is 15.3. The summed E-state index contributed by atoms with van der Waals surface area (Å²) in [7, 11) is 0. The molecule has 26 heavy (non-hydrogen) atoms. The SMILES string of the molecule is CCCCOCC(=O)Oc1ccc(C=O)cc1OC(=O)COCCCC. The van der Waals surface area contributed by atoms with Crippen LogP contribution < -0.4 is 9.47 Å².